The summed E-state index contributed by atoms with van der Waals surface area (Å²) in [5.41, 5.74) is 12.6. The predicted octanol–water partition coefficient (Wildman–Crippen LogP) is 12.1. The van der Waals surface area contributed by atoms with E-state index in [9.17, 15) is 0 Å². The summed E-state index contributed by atoms with van der Waals surface area (Å²) in [4.78, 5) is 0. The molecule has 0 amide bonds. The molecule has 226 valence electrons. The molecule has 0 radical (unpaired) electrons. The van der Waals surface area contributed by atoms with Crippen molar-refractivity contribution in [3.05, 3.63) is 145 Å². The average molecular weight is 597 g/mol. The molecular weight excluding hydrogens is 556 g/mol. The van der Waals surface area contributed by atoms with Gasteiger partial charge in [0.2, 0.25) is 0 Å². The van der Waals surface area contributed by atoms with Gasteiger partial charge in [0.05, 0.1) is 22.1 Å². The molecule has 2 aromatic heterocycles. The maximum absolute atomic E-state index is 2.42. The van der Waals surface area contributed by atoms with E-state index in [0.29, 0.717) is 0 Å². The Balaban J connectivity index is 1.31. The van der Waals surface area contributed by atoms with Gasteiger partial charge in [-0.15, -0.1) is 0 Å². The van der Waals surface area contributed by atoms with Crippen LogP contribution < -0.4 is 0 Å². The minimum absolute atomic E-state index is 0.0824. The van der Waals surface area contributed by atoms with E-state index in [-0.39, 0.29) is 10.8 Å². The molecule has 6 aromatic carbocycles. The lowest BCUT2D eigenvalue weighted by molar-refractivity contribution is 0.589. The van der Waals surface area contributed by atoms with E-state index in [1.807, 2.05) is 0 Å². The third-order valence-corrected chi connectivity index (χ3v) is 9.62. The molecule has 0 aliphatic heterocycles. The van der Waals surface area contributed by atoms with Gasteiger partial charge < -0.3 is 9.13 Å². The zero-order valence-corrected chi connectivity index (χ0v) is 27.6. The minimum atomic E-state index is 0.0824. The van der Waals surface area contributed by atoms with E-state index in [0.717, 1.165) is 0 Å². The van der Waals surface area contributed by atoms with Crippen molar-refractivity contribution in [1.82, 2.24) is 9.13 Å². The van der Waals surface area contributed by atoms with Gasteiger partial charge >= 0.3 is 0 Å². The number of hydrogen-bond donors (Lipinski definition) is 0. The zero-order chi connectivity index (χ0) is 31.8. The highest BCUT2D eigenvalue weighted by atomic mass is 15.0. The molecule has 0 aliphatic rings. The second-order valence-electron chi connectivity index (χ2n) is 14.8. The van der Waals surface area contributed by atoms with Gasteiger partial charge in [-0.1, -0.05) is 114 Å². The summed E-state index contributed by atoms with van der Waals surface area (Å²) in [7, 11) is 0. The maximum Gasteiger partial charge on any atom is 0.0541 e. The number of aromatic nitrogens is 2. The van der Waals surface area contributed by atoms with Crippen LogP contribution in [0.2, 0.25) is 0 Å². The van der Waals surface area contributed by atoms with Gasteiger partial charge in [0, 0.05) is 32.9 Å². The van der Waals surface area contributed by atoms with Crippen molar-refractivity contribution in [3.8, 4) is 22.5 Å². The van der Waals surface area contributed by atoms with Crippen molar-refractivity contribution in [2.75, 3.05) is 0 Å². The van der Waals surface area contributed by atoms with Gasteiger partial charge in [0.1, 0.15) is 0 Å². The lowest BCUT2D eigenvalue weighted by atomic mass is 9.87. The standard InChI is InChI=1S/C44H40N2/c1-43(2,3)31-13-11-15-33(27-31)45-39-19-9-7-17-35(39)37-25-29(21-23-41(37)45)30-22-24-42-38(26-30)36-18-8-10-20-40(36)46(42)34-16-12-14-32(28-34)44(4,5)6/h7-28H,1-6H3. The molecule has 0 aliphatic carbocycles. The van der Waals surface area contributed by atoms with Gasteiger partial charge in [-0.2, -0.15) is 0 Å². The van der Waals surface area contributed by atoms with Crippen LogP contribution in [-0.2, 0) is 10.8 Å². The van der Waals surface area contributed by atoms with Gasteiger partial charge in [0.15, 0.2) is 0 Å². The van der Waals surface area contributed by atoms with Crippen molar-refractivity contribution in [2.45, 2.75) is 52.4 Å². The van der Waals surface area contributed by atoms with E-state index >= 15 is 0 Å². The smallest absolute Gasteiger partial charge is 0.0541 e. The molecule has 2 nitrogen and oxygen atoms in total. The fourth-order valence-electron chi connectivity index (χ4n) is 7.08. The third kappa shape index (κ3) is 4.55. The van der Waals surface area contributed by atoms with Gasteiger partial charge in [-0.25, -0.2) is 0 Å². The Morgan fingerprint density at radius 2 is 0.739 bits per heavy atom. The molecule has 0 saturated heterocycles. The van der Waals surface area contributed by atoms with Crippen LogP contribution in [0, 0.1) is 0 Å². The normalized spacial score (nSPS) is 12.6. The van der Waals surface area contributed by atoms with Gasteiger partial charge in [-0.05, 0) is 93.7 Å². The van der Waals surface area contributed by atoms with E-state index in [4.69, 9.17) is 0 Å². The number of benzene rings is 6. The molecule has 0 fully saturated rings. The monoisotopic (exact) mass is 596 g/mol. The minimum Gasteiger partial charge on any atom is -0.309 e. The number of rotatable bonds is 3. The summed E-state index contributed by atoms with van der Waals surface area (Å²) >= 11 is 0. The molecule has 2 heteroatoms. The third-order valence-electron chi connectivity index (χ3n) is 9.62. The molecule has 0 atom stereocenters. The lowest BCUT2D eigenvalue weighted by Gasteiger charge is -2.20. The van der Waals surface area contributed by atoms with E-state index < -0.39 is 0 Å². The van der Waals surface area contributed by atoms with Crippen LogP contribution in [0.3, 0.4) is 0 Å². The number of fused-ring (bicyclic) bond motifs is 6. The fraction of sp³-hybridized carbons (Fsp3) is 0.182. The molecule has 46 heavy (non-hydrogen) atoms. The molecule has 0 N–H and O–H groups in total. The van der Waals surface area contributed by atoms with Crippen molar-refractivity contribution in [2.24, 2.45) is 0 Å². The molecular formula is C44H40N2. The number of nitrogens with zero attached hydrogens (tertiary/aromatic N) is 2. The van der Waals surface area contributed by atoms with E-state index in [1.54, 1.807) is 0 Å². The number of hydrogen-bond acceptors (Lipinski definition) is 0. The Hall–Kier alpha value is -5.08. The first kappa shape index (κ1) is 28.4. The second kappa shape index (κ2) is 10.2. The topological polar surface area (TPSA) is 9.86 Å². The van der Waals surface area contributed by atoms with Crippen molar-refractivity contribution >= 4 is 43.6 Å². The highest BCUT2D eigenvalue weighted by molar-refractivity contribution is 6.12. The van der Waals surface area contributed by atoms with Crippen LogP contribution in [0.1, 0.15) is 52.7 Å². The SMILES string of the molecule is CC(C)(C)c1cccc(-n2c3ccccc3c3cc(-c4ccc5c(c4)c4ccccc4n5-c4cccc(C(C)(C)C)c4)ccc32)c1. The van der Waals surface area contributed by atoms with Crippen LogP contribution in [0.4, 0.5) is 0 Å². The Labute approximate surface area is 271 Å². The average Bonchev–Trinajstić information content (AvgIpc) is 3.56. The van der Waals surface area contributed by atoms with Crippen LogP contribution in [-0.4, -0.2) is 9.13 Å². The second-order valence-corrected chi connectivity index (χ2v) is 14.8. The maximum atomic E-state index is 2.42. The van der Waals surface area contributed by atoms with Crippen molar-refractivity contribution in [3.63, 3.8) is 0 Å². The van der Waals surface area contributed by atoms with E-state index in [2.05, 4.69) is 184 Å². The van der Waals surface area contributed by atoms with Crippen molar-refractivity contribution in [1.29, 1.82) is 0 Å². The fourth-order valence-corrected chi connectivity index (χ4v) is 7.08. The molecule has 0 bridgehead atoms. The largest absolute Gasteiger partial charge is 0.309 e. The van der Waals surface area contributed by atoms with Crippen LogP contribution in [0.15, 0.2) is 133 Å². The summed E-state index contributed by atoms with van der Waals surface area (Å²) in [6, 6.07) is 49.6. The van der Waals surface area contributed by atoms with Crippen molar-refractivity contribution < 1.29 is 0 Å². The Kier molecular flexibility index (Phi) is 6.31. The molecule has 8 aromatic rings. The first-order valence-corrected chi connectivity index (χ1v) is 16.4. The Morgan fingerprint density at radius 3 is 1.15 bits per heavy atom. The molecule has 2 heterocycles. The molecule has 0 saturated carbocycles. The highest BCUT2D eigenvalue weighted by Gasteiger charge is 2.19. The highest BCUT2D eigenvalue weighted by Crippen LogP contribution is 2.39. The summed E-state index contributed by atoms with van der Waals surface area (Å²) in [5.74, 6) is 0. The van der Waals surface area contributed by atoms with Gasteiger partial charge in [0.25, 0.3) is 0 Å². The summed E-state index contributed by atoms with van der Waals surface area (Å²) in [6.07, 6.45) is 0. The summed E-state index contributed by atoms with van der Waals surface area (Å²) in [5, 5.41) is 5.10. The summed E-state index contributed by atoms with van der Waals surface area (Å²) < 4.78 is 4.85. The van der Waals surface area contributed by atoms with E-state index in [1.165, 1.54) is 77.2 Å². The molecule has 0 unspecified atom stereocenters. The Bertz CT molecular complexity index is 2260. The zero-order valence-electron chi connectivity index (χ0n) is 27.6. The predicted molar refractivity (Wildman–Crippen MR) is 198 cm³/mol. The summed E-state index contributed by atoms with van der Waals surface area (Å²) in [6.45, 7) is 13.7. The van der Waals surface area contributed by atoms with Crippen LogP contribution in [0.25, 0.3) is 66.1 Å². The number of para-hydroxylation sites is 2. The first-order valence-electron chi connectivity index (χ1n) is 16.4. The van der Waals surface area contributed by atoms with Gasteiger partial charge in [-0.3, -0.25) is 0 Å². The molecule has 8 rings (SSSR count). The van der Waals surface area contributed by atoms with Crippen LogP contribution in [0.5, 0.6) is 0 Å². The van der Waals surface area contributed by atoms with Crippen LogP contribution >= 0.6 is 0 Å². The Morgan fingerprint density at radius 1 is 0.348 bits per heavy atom. The quantitative estimate of drug-likeness (QED) is 0.192. The molecule has 0 spiro atoms. The first-order chi connectivity index (χ1) is 22.1. The lowest BCUT2D eigenvalue weighted by Crippen LogP contribution is -2.11.